The Morgan fingerprint density at radius 3 is 2.19 bits per heavy atom. The number of aliphatic imine (C=N–C) groups is 1. The molecule has 3 aromatic carbocycles. The molecule has 0 radical (unpaired) electrons. The first-order valence-electron chi connectivity index (χ1n) is 25.6. The van der Waals surface area contributed by atoms with E-state index in [2.05, 4.69) is 37.5 Å². The summed E-state index contributed by atoms with van der Waals surface area (Å²) in [5, 5.41) is 18.4. The molecule has 1 saturated carbocycles. The fourth-order valence-corrected chi connectivity index (χ4v) is 10.5. The summed E-state index contributed by atoms with van der Waals surface area (Å²) in [6.07, 6.45) is -11.7. The van der Waals surface area contributed by atoms with Gasteiger partial charge in [0.25, 0.3) is 11.8 Å². The molecule has 1 aliphatic rings. The number of anilines is 1. The third-order valence-corrected chi connectivity index (χ3v) is 16.0. The maximum atomic E-state index is 15.2. The van der Waals surface area contributed by atoms with E-state index in [9.17, 15) is 73.4 Å². The number of aromatic nitrogens is 3. The number of fused-ring (bicyclic) bond motifs is 1. The Morgan fingerprint density at radius 2 is 1.63 bits per heavy atom. The van der Waals surface area contributed by atoms with Crippen LogP contribution in [0.15, 0.2) is 70.9 Å². The normalized spacial score (nSPS) is 15.3. The van der Waals surface area contributed by atoms with Crippen molar-refractivity contribution in [3.63, 3.8) is 0 Å². The van der Waals surface area contributed by atoms with Gasteiger partial charge in [-0.3, -0.25) is 33.1 Å². The Labute approximate surface area is 499 Å². The van der Waals surface area contributed by atoms with Crippen molar-refractivity contribution in [1.82, 2.24) is 25.4 Å². The number of halogens is 11. The molecule has 31 heteroatoms. The maximum Gasteiger partial charge on any atom is 0.431 e. The van der Waals surface area contributed by atoms with Crippen LogP contribution in [0.4, 0.5) is 49.7 Å². The predicted octanol–water partition coefficient (Wildman–Crippen LogP) is 10.7. The van der Waals surface area contributed by atoms with Crippen molar-refractivity contribution in [2.75, 3.05) is 30.4 Å². The Balaban J connectivity index is 0.00000668. The average molecular weight is 1300 g/mol. The SMILES string of the molecule is CC.CNC(=O)c1cc(CC(=O)O)c(C(C)(C)CC(=O)N(SC)c2nn(CC(F)(F)F)c3c(-c4ccc(C#CC(C)(C)S(C)=O)nc4C(Cc4cc(F)cc(F)c4)NC(=O)CN=C4/C(=C(\N)C(F)(F)F)CCC4(F)F)ccc(Cl)c23)c(OP(O)O)c1. The van der Waals surface area contributed by atoms with Gasteiger partial charge in [0.1, 0.15) is 52.3 Å². The molecule has 86 heavy (non-hydrogen) atoms. The molecule has 2 aromatic heterocycles. The molecular weight excluding hydrogens is 1240 g/mol. The molecule has 6 rings (SSSR count). The number of amides is 3. The summed E-state index contributed by atoms with van der Waals surface area (Å²) in [4.78, 5) is 82.0. The number of nitrogens with two attached hydrogens (primary N) is 1. The summed E-state index contributed by atoms with van der Waals surface area (Å²) in [6.45, 7) is 6.74. The van der Waals surface area contributed by atoms with Gasteiger partial charge >= 0.3 is 26.9 Å². The zero-order valence-corrected chi connectivity index (χ0v) is 50.5. The molecule has 2 atom stereocenters. The number of carboxylic acid groups (broad SMARTS) is 1. The maximum absolute atomic E-state index is 15.2. The number of carbonyl (C=O) groups is 4. The largest absolute Gasteiger partial charge is 0.481 e. The lowest BCUT2D eigenvalue weighted by Crippen LogP contribution is -2.34. The summed E-state index contributed by atoms with van der Waals surface area (Å²) in [5.41, 5.74) is -2.62. The second kappa shape index (κ2) is 27.9. The lowest BCUT2D eigenvalue weighted by Gasteiger charge is -2.31. The third-order valence-electron chi connectivity index (χ3n) is 13.0. The number of carbonyl (C=O) groups excluding carboxylic acids is 3. The van der Waals surface area contributed by atoms with E-state index in [-0.39, 0.29) is 55.2 Å². The standard InChI is InChI=1S/C53H52ClF10N8O9PS2.C2H6/c1-49(2,42-27(21-40(75)76)19-28(48(77)66-5)20-37(42)81-82(78)79)23-39(74)72(83-6)47-41-35(54)11-10-33(44(41)71(70-47)25-52(59,60)61)32-9-8-31(12-14-50(3,4)84(7)80)68-43(32)36(18-26-16-29(55)22-30(56)17-26)69-38(73)24-67-46-34(13-15-51(46,57)58)45(65)53(62,63)64;1-2/h8-11,16-17,19-20,22,36,78-79H,13,15,18,21,23-25,65H2,1-7H3,(H,66,77)(H,69,73)(H,75,76);1-2H3/b45-34-,67-46?;. The monoisotopic (exact) mass is 1290 g/mol. The van der Waals surface area contributed by atoms with Crippen LogP contribution in [0, 0.1) is 23.5 Å². The average Bonchev–Trinajstić information content (AvgIpc) is 1.77. The summed E-state index contributed by atoms with van der Waals surface area (Å²) in [6, 6.07) is 7.74. The van der Waals surface area contributed by atoms with Crippen LogP contribution in [0.3, 0.4) is 0 Å². The van der Waals surface area contributed by atoms with E-state index in [4.69, 9.17) is 21.9 Å². The van der Waals surface area contributed by atoms with Crippen LogP contribution in [0.2, 0.25) is 5.02 Å². The first-order valence-corrected chi connectivity index (χ1v) is 29.9. The lowest BCUT2D eigenvalue weighted by atomic mass is 9.77. The van der Waals surface area contributed by atoms with E-state index in [1.807, 2.05) is 13.8 Å². The van der Waals surface area contributed by atoms with E-state index >= 15 is 8.78 Å². The highest BCUT2D eigenvalue weighted by Crippen LogP contribution is 2.47. The van der Waals surface area contributed by atoms with Gasteiger partial charge in [-0.15, -0.1) is 0 Å². The van der Waals surface area contributed by atoms with Gasteiger partial charge in [0.2, 0.25) is 11.8 Å². The summed E-state index contributed by atoms with van der Waals surface area (Å²) >= 11 is 7.52. The number of benzene rings is 3. The van der Waals surface area contributed by atoms with Crippen molar-refractivity contribution in [1.29, 1.82) is 0 Å². The molecule has 1 aliphatic carbocycles. The van der Waals surface area contributed by atoms with Crippen molar-refractivity contribution in [3.05, 3.63) is 116 Å². The molecule has 2 unspecified atom stereocenters. The van der Waals surface area contributed by atoms with E-state index in [0.29, 0.717) is 22.7 Å². The van der Waals surface area contributed by atoms with Gasteiger partial charge in [0.15, 0.2) is 5.82 Å². The second-order valence-corrected chi connectivity index (χ2v) is 23.8. The summed E-state index contributed by atoms with van der Waals surface area (Å²) in [7, 11) is -3.54. The molecule has 466 valence electrons. The highest BCUT2D eigenvalue weighted by atomic mass is 35.5. The molecule has 5 aromatic rings. The van der Waals surface area contributed by atoms with Crippen LogP contribution >= 0.6 is 32.2 Å². The second-order valence-electron chi connectivity index (χ2n) is 20.1. The van der Waals surface area contributed by atoms with Crippen molar-refractivity contribution in [2.24, 2.45) is 10.7 Å². The fourth-order valence-electron chi connectivity index (χ4n) is 9.21. The van der Waals surface area contributed by atoms with Gasteiger partial charge in [0, 0.05) is 82.5 Å². The zero-order chi connectivity index (χ0) is 64.8. The highest BCUT2D eigenvalue weighted by molar-refractivity contribution is 8.00. The Hall–Kier alpha value is -6.83. The van der Waals surface area contributed by atoms with E-state index in [1.54, 1.807) is 0 Å². The number of alkyl halides is 8. The van der Waals surface area contributed by atoms with Gasteiger partial charge in [-0.1, -0.05) is 51.3 Å². The van der Waals surface area contributed by atoms with Crippen molar-refractivity contribution < 1.29 is 86.7 Å². The van der Waals surface area contributed by atoms with Gasteiger partial charge in [0.05, 0.1) is 34.1 Å². The van der Waals surface area contributed by atoms with Gasteiger partial charge in [-0.25, -0.2) is 18.1 Å². The summed E-state index contributed by atoms with van der Waals surface area (Å²) in [5.74, 6) is -5.91. The predicted molar refractivity (Wildman–Crippen MR) is 307 cm³/mol. The quantitative estimate of drug-likeness (QED) is 0.0195. The van der Waals surface area contributed by atoms with Gasteiger partial charge in [-0.2, -0.15) is 40.2 Å². The number of nitrogens with zero attached hydrogens (tertiary/aromatic N) is 5. The number of nitrogens with one attached hydrogen (secondary N) is 2. The minimum Gasteiger partial charge on any atom is -0.481 e. The van der Waals surface area contributed by atoms with Crippen LogP contribution < -0.4 is 25.2 Å². The zero-order valence-electron chi connectivity index (χ0n) is 47.2. The first kappa shape index (κ1) is 69.9. The molecule has 0 aliphatic heterocycles. The van der Waals surface area contributed by atoms with Crippen molar-refractivity contribution >= 4 is 89.1 Å². The number of rotatable bonds is 19. The molecular formula is C55H58ClF10N8O9PS2. The number of carboxylic acids is 1. The van der Waals surface area contributed by atoms with Crippen LogP contribution in [-0.4, -0.2) is 112 Å². The molecule has 1 fully saturated rings. The smallest absolute Gasteiger partial charge is 0.431 e. The highest BCUT2D eigenvalue weighted by Gasteiger charge is 2.48. The Kier molecular flexibility index (Phi) is 22.7. The molecule has 3 amide bonds. The Bertz CT molecular complexity index is 3570. The molecule has 0 saturated heterocycles. The fraction of sp³-hybridized carbons (Fsp3) is 0.400. The third kappa shape index (κ3) is 17.0. The molecule has 2 heterocycles. The minimum absolute atomic E-state index is 0.0747. The molecule has 7 N–H and O–H groups in total. The number of aliphatic carboxylic acids is 1. The number of hydrogen-bond donors (Lipinski definition) is 6. The summed E-state index contributed by atoms with van der Waals surface area (Å²) < 4.78 is 164. The van der Waals surface area contributed by atoms with E-state index < -0.39 is 168 Å². The topological polar surface area (TPSA) is 252 Å². The van der Waals surface area contributed by atoms with Crippen molar-refractivity contribution in [3.8, 4) is 28.7 Å². The van der Waals surface area contributed by atoms with Crippen LogP contribution in [0.1, 0.15) is 105 Å². The van der Waals surface area contributed by atoms with Crippen LogP contribution in [-0.2, 0) is 50.0 Å². The molecule has 17 nitrogen and oxygen atoms in total. The van der Waals surface area contributed by atoms with Crippen LogP contribution in [0.25, 0.3) is 22.0 Å². The molecule has 0 spiro atoms. The first-order chi connectivity index (χ1) is 39.9. The number of hydrogen-bond acceptors (Lipinski definition) is 13. The number of allylic oxidation sites excluding steroid dienone is 2. The lowest BCUT2D eigenvalue weighted by molar-refractivity contribution is -0.142. The van der Waals surface area contributed by atoms with E-state index in [1.165, 1.54) is 77.6 Å². The Morgan fingerprint density at radius 1 is 1.00 bits per heavy atom. The molecule has 0 bridgehead atoms. The van der Waals surface area contributed by atoms with Gasteiger partial charge < -0.3 is 35.8 Å². The van der Waals surface area contributed by atoms with Gasteiger partial charge in [-0.05, 0) is 98.1 Å². The number of pyridine rings is 1. The van der Waals surface area contributed by atoms with Crippen LogP contribution in [0.5, 0.6) is 5.75 Å². The van der Waals surface area contributed by atoms with Crippen molar-refractivity contribution in [2.45, 2.75) is 115 Å². The minimum atomic E-state index is -5.27. The van der Waals surface area contributed by atoms with E-state index in [0.717, 1.165) is 22.5 Å².